The normalized spacial score (nSPS) is 22.3. The second kappa shape index (κ2) is 8.26. The van der Waals surface area contributed by atoms with E-state index in [9.17, 15) is 0 Å². The first kappa shape index (κ1) is 21.3. The van der Waals surface area contributed by atoms with Crippen LogP contribution in [0.4, 0.5) is 0 Å². The summed E-state index contributed by atoms with van der Waals surface area (Å²) in [4.78, 5) is 3.55. The number of rotatable bonds is 0. The van der Waals surface area contributed by atoms with Gasteiger partial charge in [-0.15, -0.1) is 0 Å². The summed E-state index contributed by atoms with van der Waals surface area (Å²) < 4.78 is 0. The van der Waals surface area contributed by atoms with Gasteiger partial charge in [0.05, 0.1) is 0 Å². The van der Waals surface area contributed by atoms with E-state index in [4.69, 9.17) is 50.5 Å². The zero-order chi connectivity index (χ0) is 15.6. The molecule has 21 heavy (non-hydrogen) atoms. The molecule has 0 aromatic carbocycles. The molecule has 0 aromatic rings. The van der Waals surface area contributed by atoms with Crippen molar-refractivity contribution in [2.75, 3.05) is 0 Å². The van der Waals surface area contributed by atoms with Crippen molar-refractivity contribution in [3.8, 4) is 0 Å². The van der Waals surface area contributed by atoms with Crippen molar-refractivity contribution in [2.45, 2.75) is 40.5 Å². The van der Waals surface area contributed by atoms with Crippen LogP contribution in [0, 0.1) is 10.8 Å². The summed E-state index contributed by atoms with van der Waals surface area (Å²) >= 11 is 20.2. The first-order chi connectivity index (χ1) is 9.02. The number of allylic oxidation sites excluding steroid dienone is 6. The van der Waals surface area contributed by atoms with E-state index >= 15 is 0 Å². The molecule has 0 aliphatic heterocycles. The summed E-state index contributed by atoms with van der Waals surface area (Å²) in [5, 5.41) is 0. The zero-order valence-electron chi connectivity index (χ0n) is 12.7. The van der Waals surface area contributed by atoms with Gasteiger partial charge in [-0.1, -0.05) is 52.0 Å². The Labute approximate surface area is 161 Å². The molecular weight excluding hydrogens is 379 g/mol. The minimum Gasteiger partial charge on any atom is -0.785 e. The number of hydrogen-bond acceptors (Lipinski definition) is 4. The molecule has 0 radical (unpaired) electrons. The van der Waals surface area contributed by atoms with Crippen molar-refractivity contribution < 1.29 is 16.5 Å². The molecule has 0 saturated heterocycles. The van der Waals surface area contributed by atoms with Gasteiger partial charge in [0, 0.05) is 16.5 Å². The fourth-order valence-corrected chi connectivity index (χ4v) is 3.07. The average molecular weight is 399 g/mol. The van der Waals surface area contributed by atoms with Crippen LogP contribution in [0.1, 0.15) is 40.5 Å². The van der Waals surface area contributed by atoms with Crippen molar-refractivity contribution in [3.05, 3.63) is 43.9 Å². The van der Waals surface area contributed by atoms with Gasteiger partial charge >= 0.3 is 0 Å². The van der Waals surface area contributed by atoms with Crippen molar-refractivity contribution in [3.63, 3.8) is 0 Å². The van der Waals surface area contributed by atoms with Crippen LogP contribution >= 0.6 is 0 Å². The van der Waals surface area contributed by atoms with Crippen LogP contribution in [0.3, 0.4) is 0 Å². The van der Waals surface area contributed by atoms with E-state index in [1.165, 1.54) is 0 Å². The van der Waals surface area contributed by atoms with Crippen molar-refractivity contribution in [1.29, 1.82) is 0 Å². The van der Waals surface area contributed by atoms with E-state index in [2.05, 4.69) is 39.8 Å². The minimum absolute atomic E-state index is 0. The molecular formula is C16H20NiS4-4. The standard InChI is InChI=1S/2C8H12S2.Ni/c2*1-8(2)4-3-6(9)7(10)5-8;/h2*3-4,9-10H,5H2,1-2H3;/p-4. The Hall–Kier alpha value is 0.334. The Morgan fingerprint density at radius 3 is 1.19 bits per heavy atom. The van der Waals surface area contributed by atoms with E-state index in [0.29, 0.717) is 0 Å². The van der Waals surface area contributed by atoms with Gasteiger partial charge in [0.2, 0.25) is 0 Å². The first-order valence-corrected chi connectivity index (χ1v) is 8.19. The van der Waals surface area contributed by atoms with E-state index in [1.54, 1.807) is 0 Å². The van der Waals surface area contributed by atoms with Gasteiger partial charge in [-0.25, -0.2) is 9.81 Å². The zero-order valence-corrected chi connectivity index (χ0v) is 16.9. The molecule has 122 valence electrons. The molecule has 0 nitrogen and oxygen atoms in total. The molecule has 0 aromatic heterocycles. The van der Waals surface area contributed by atoms with E-state index in [-0.39, 0.29) is 27.3 Å². The van der Waals surface area contributed by atoms with Gasteiger partial charge in [-0.3, -0.25) is 0 Å². The second-order valence-electron chi connectivity index (χ2n) is 6.57. The third-order valence-electron chi connectivity index (χ3n) is 3.15. The molecule has 0 saturated carbocycles. The molecule has 0 unspecified atom stereocenters. The van der Waals surface area contributed by atoms with E-state index in [0.717, 1.165) is 32.5 Å². The van der Waals surface area contributed by atoms with Gasteiger partial charge in [0.25, 0.3) is 0 Å². The number of hydrogen-bond donors (Lipinski definition) is 0. The van der Waals surface area contributed by atoms with Crippen LogP contribution in [-0.2, 0) is 67.0 Å². The molecule has 0 N–H and O–H groups in total. The van der Waals surface area contributed by atoms with Crippen LogP contribution in [0.5, 0.6) is 0 Å². The summed E-state index contributed by atoms with van der Waals surface area (Å²) in [6, 6.07) is 0. The fourth-order valence-electron chi connectivity index (χ4n) is 1.91. The van der Waals surface area contributed by atoms with Crippen molar-refractivity contribution >= 4 is 50.5 Å². The monoisotopic (exact) mass is 398 g/mol. The largest absolute Gasteiger partial charge is 0.785 e. The Bertz CT molecular complexity index is 450. The minimum atomic E-state index is 0. The predicted molar refractivity (Wildman–Crippen MR) is 98.6 cm³/mol. The van der Waals surface area contributed by atoms with E-state index in [1.807, 2.05) is 12.2 Å². The fraction of sp³-hybridized carbons (Fsp3) is 0.500. The summed E-state index contributed by atoms with van der Waals surface area (Å²) in [6.45, 7) is 8.66. The van der Waals surface area contributed by atoms with Gasteiger partial charge < -0.3 is 50.5 Å². The second-order valence-corrected chi connectivity index (χ2v) is 8.44. The van der Waals surface area contributed by atoms with Crippen LogP contribution in [0.2, 0.25) is 0 Å². The maximum absolute atomic E-state index is 5.08. The maximum Gasteiger partial charge on any atom is 0 e. The smallest absolute Gasteiger partial charge is 0 e. The van der Waals surface area contributed by atoms with Crippen molar-refractivity contribution in [1.82, 2.24) is 0 Å². The van der Waals surface area contributed by atoms with Gasteiger partial charge in [-0.05, 0) is 23.7 Å². The Balaban J connectivity index is 0.000000364. The van der Waals surface area contributed by atoms with E-state index < -0.39 is 0 Å². The Morgan fingerprint density at radius 1 is 0.714 bits per heavy atom. The quantitative estimate of drug-likeness (QED) is 0.433. The molecule has 0 fully saturated rings. The topological polar surface area (TPSA) is 0 Å². The van der Waals surface area contributed by atoms with Gasteiger partial charge in [-0.2, -0.15) is 9.81 Å². The molecule has 2 aliphatic carbocycles. The van der Waals surface area contributed by atoms with Gasteiger partial charge in [0.15, 0.2) is 0 Å². The predicted octanol–water partition coefficient (Wildman–Crippen LogP) is 4.55. The summed E-state index contributed by atoms with van der Waals surface area (Å²) in [7, 11) is 0. The molecule has 5 heteroatoms. The van der Waals surface area contributed by atoms with Crippen LogP contribution in [0.15, 0.2) is 43.9 Å². The molecule has 0 amide bonds. The summed E-state index contributed by atoms with van der Waals surface area (Å²) in [6.07, 6.45) is 10.0. The summed E-state index contributed by atoms with van der Waals surface area (Å²) in [5.74, 6) is 0. The van der Waals surface area contributed by atoms with Crippen molar-refractivity contribution in [2.24, 2.45) is 10.8 Å². The molecule has 0 spiro atoms. The molecule has 2 rings (SSSR count). The maximum atomic E-state index is 5.08. The third-order valence-corrected chi connectivity index (χ3v) is 4.91. The Morgan fingerprint density at radius 2 is 1.00 bits per heavy atom. The molecule has 0 atom stereocenters. The van der Waals surface area contributed by atoms with Crippen LogP contribution in [-0.4, -0.2) is 0 Å². The van der Waals surface area contributed by atoms with Crippen LogP contribution < -0.4 is 0 Å². The summed E-state index contributed by atoms with van der Waals surface area (Å²) in [5.41, 5.74) is 0.443. The Kier molecular flexibility index (Phi) is 8.39. The van der Waals surface area contributed by atoms with Gasteiger partial charge in [0.1, 0.15) is 0 Å². The first-order valence-electron chi connectivity index (χ1n) is 6.55. The van der Waals surface area contributed by atoms with Crippen LogP contribution in [0.25, 0.3) is 0 Å². The third kappa shape index (κ3) is 7.43. The molecule has 0 heterocycles. The average Bonchev–Trinajstić information content (AvgIpc) is 2.30. The molecule has 0 bridgehead atoms. The molecule has 2 aliphatic rings. The SMILES string of the molecule is CC1(C)C=CC([S-])=C([S-])C1.CC1(C)C=CC([S-])=C([S-])C1.[Ni].